The summed E-state index contributed by atoms with van der Waals surface area (Å²) in [6.45, 7) is 0. The molecule has 0 aliphatic carbocycles. The van der Waals surface area contributed by atoms with Crippen molar-refractivity contribution in [3.05, 3.63) is 49.4 Å². The topological polar surface area (TPSA) is 57.8 Å². The van der Waals surface area contributed by atoms with Crippen LogP contribution in [0.15, 0.2) is 33.8 Å². The first kappa shape index (κ1) is 12.4. The summed E-state index contributed by atoms with van der Waals surface area (Å²) in [6.07, 6.45) is 1.27. The Labute approximate surface area is 115 Å². The molecule has 0 bridgehead atoms. The Bertz CT molecular complexity index is 615. The van der Waals surface area contributed by atoms with Gasteiger partial charge in [0.05, 0.1) is 12.0 Å². The summed E-state index contributed by atoms with van der Waals surface area (Å²) >= 11 is 15.0. The number of aromatic amines is 1. The fourth-order valence-corrected chi connectivity index (χ4v) is 1.86. The van der Waals surface area contributed by atoms with Gasteiger partial charge in [-0.2, -0.15) is 0 Å². The molecule has 2 N–H and O–H groups in total. The van der Waals surface area contributed by atoms with Gasteiger partial charge in [-0.25, -0.2) is 4.98 Å². The normalized spacial score (nSPS) is 10.3. The number of benzene rings is 1. The third kappa shape index (κ3) is 2.80. The smallest absolute Gasteiger partial charge is 0.271 e. The van der Waals surface area contributed by atoms with E-state index < -0.39 is 5.56 Å². The van der Waals surface area contributed by atoms with Gasteiger partial charge in [-0.3, -0.25) is 4.79 Å². The average molecular weight is 335 g/mol. The van der Waals surface area contributed by atoms with Crippen LogP contribution in [0.25, 0.3) is 0 Å². The Morgan fingerprint density at radius 3 is 2.88 bits per heavy atom. The van der Waals surface area contributed by atoms with Gasteiger partial charge in [-0.1, -0.05) is 23.2 Å². The van der Waals surface area contributed by atoms with Crippen LogP contribution in [0.3, 0.4) is 0 Å². The van der Waals surface area contributed by atoms with Gasteiger partial charge < -0.3 is 10.3 Å². The minimum Gasteiger partial charge on any atom is -0.338 e. The second-order valence-corrected chi connectivity index (χ2v) is 4.81. The predicted molar refractivity (Wildman–Crippen MR) is 72.3 cm³/mol. The number of hydrogen-bond acceptors (Lipinski definition) is 3. The molecule has 0 saturated heterocycles. The summed E-state index contributed by atoms with van der Waals surface area (Å²) in [4.78, 5) is 17.6. The zero-order valence-corrected chi connectivity index (χ0v) is 11.4. The quantitative estimate of drug-likeness (QED) is 0.882. The van der Waals surface area contributed by atoms with Gasteiger partial charge in [-0.05, 0) is 34.1 Å². The second kappa shape index (κ2) is 5.08. The molecule has 4 nitrogen and oxygen atoms in total. The molecule has 0 fully saturated rings. The Balaban J connectivity index is 2.41. The SMILES string of the molecule is O=c1[nH]cnc(Nc2cc(Cl)ccc2Br)c1Cl. The van der Waals surface area contributed by atoms with Crippen LogP contribution in [-0.2, 0) is 0 Å². The Morgan fingerprint density at radius 2 is 2.12 bits per heavy atom. The van der Waals surface area contributed by atoms with Gasteiger partial charge in [-0.15, -0.1) is 0 Å². The lowest BCUT2D eigenvalue weighted by atomic mass is 10.3. The standard InChI is InChI=1S/C10H6BrCl2N3O/c11-6-2-1-5(12)3-7(6)16-9-8(13)10(17)15-4-14-9/h1-4H,(H2,14,15,16,17). The monoisotopic (exact) mass is 333 g/mol. The van der Waals surface area contributed by atoms with E-state index >= 15 is 0 Å². The van der Waals surface area contributed by atoms with Crippen LogP contribution in [0.2, 0.25) is 10.0 Å². The van der Waals surface area contributed by atoms with Crippen molar-refractivity contribution in [3.63, 3.8) is 0 Å². The van der Waals surface area contributed by atoms with Crippen molar-refractivity contribution in [2.45, 2.75) is 0 Å². The molecule has 2 rings (SSSR count). The van der Waals surface area contributed by atoms with Crippen LogP contribution in [0.4, 0.5) is 11.5 Å². The molecule has 1 heterocycles. The summed E-state index contributed by atoms with van der Waals surface area (Å²) in [7, 11) is 0. The molecule has 0 unspecified atom stereocenters. The number of hydrogen-bond donors (Lipinski definition) is 2. The number of rotatable bonds is 2. The minimum absolute atomic E-state index is 0.000578. The van der Waals surface area contributed by atoms with Gasteiger partial charge in [0.1, 0.15) is 5.02 Å². The molecule has 0 amide bonds. The van der Waals surface area contributed by atoms with E-state index in [1.54, 1.807) is 18.2 Å². The summed E-state index contributed by atoms with van der Waals surface area (Å²) in [5.41, 5.74) is 0.278. The summed E-state index contributed by atoms with van der Waals surface area (Å²) in [5, 5.41) is 3.49. The van der Waals surface area contributed by atoms with Gasteiger partial charge in [0.15, 0.2) is 5.82 Å². The first-order valence-electron chi connectivity index (χ1n) is 4.53. The van der Waals surface area contributed by atoms with Gasteiger partial charge >= 0.3 is 0 Å². The molecule has 88 valence electrons. The van der Waals surface area contributed by atoms with E-state index in [1.807, 2.05) is 0 Å². The highest BCUT2D eigenvalue weighted by molar-refractivity contribution is 9.10. The second-order valence-electron chi connectivity index (χ2n) is 3.14. The predicted octanol–water partition coefficient (Wildman–Crippen LogP) is 3.58. The zero-order valence-electron chi connectivity index (χ0n) is 8.30. The molecule has 1 aromatic heterocycles. The highest BCUT2D eigenvalue weighted by Crippen LogP contribution is 2.29. The summed E-state index contributed by atoms with van der Waals surface area (Å²) < 4.78 is 0.792. The van der Waals surface area contributed by atoms with E-state index in [-0.39, 0.29) is 10.8 Å². The van der Waals surface area contributed by atoms with Crippen LogP contribution in [-0.4, -0.2) is 9.97 Å². The maximum Gasteiger partial charge on any atom is 0.271 e. The highest BCUT2D eigenvalue weighted by atomic mass is 79.9. The Hall–Kier alpha value is -1.04. The molecule has 0 radical (unpaired) electrons. The number of H-pyrrole nitrogens is 1. The van der Waals surface area contributed by atoms with E-state index in [0.717, 1.165) is 4.47 Å². The maximum absolute atomic E-state index is 11.3. The van der Waals surface area contributed by atoms with E-state index in [0.29, 0.717) is 10.7 Å². The first-order chi connectivity index (χ1) is 8.08. The minimum atomic E-state index is -0.401. The van der Waals surface area contributed by atoms with E-state index in [4.69, 9.17) is 23.2 Å². The molecule has 0 atom stereocenters. The summed E-state index contributed by atoms with van der Waals surface area (Å²) in [6, 6.07) is 5.22. The molecule has 0 aliphatic rings. The molecule has 7 heteroatoms. The van der Waals surface area contributed by atoms with E-state index in [9.17, 15) is 4.79 Å². The van der Waals surface area contributed by atoms with Crippen molar-refractivity contribution in [1.29, 1.82) is 0 Å². The van der Waals surface area contributed by atoms with Gasteiger partial charge in [0.2, 0.25) is 0 Å². The van der Waals surface area contributed by atoms with Crippen LogP contribution in [0, 0.1) is 0 Å². The van der Waals surface area contributed by atoms with Crippen molar-refractivity contribution in [3.8, 4) is 0 Å². The molecule has 0 spiro atoms. The fourth-order valence-electron chi connectivity index (χ4n) is 1.19. The lowest BCUT2D eigenvalue weighted by Crippen LogP contribution is -2.09. The number of nitrogens with zero attached hydrogens (tertiary/aromatic N) is 1. The lowest BCUT2D eigenvalue weighted by molar-refractivity contribution is 1.12. The van der Waals surface area contributed by atoms with Crippen molar-refractivity contribution in [2.75, 3.05) is 5.32 Å². The maximum atomic E-state index is 11.3. The van der Waals surface area contributed by atoms with Crippen LogP contribution >= 0.6 is 39.1 Å². The van der Waals surface area contributed by atoms with Crippen molar-refractivity contribution < 1.29 is 0 Å². The largest absolute Gasteiger partial charge is 0.338 e. The zero-order chi connectivity index (χ0) is 12.4. The number of aromatic nitrogens is 2. The molecule has 2 aromatic rings. The third-order valence-corrected chi connectivity index (χ3v) is 3.26. The van der Waals surface area contributed by atoms with Crippen LogP contribution in [0.5, 0.6) is 0 Å². The average Bonchev–Trinajstić information content (AvgIpc) is 2.30. The van der Waals surface area contributed by atoms with E-state index in [2.05, 4.69) is 31.2 Å². The lowest BCUT2D eigenvalue weighted by Gasteiger charge is -2.08. The van der Waals surface area contributed by atoms with Gasteiger partial charge in [0, 0.05) is 9.50 Å². The van der Waals surface area contributed by atoms with Crippen molar-refractivity contribution >= 4 is 50.6 Å². The molecular weight excluding hydrogens is 329 g/mol. The van der Waals surface area contributed by atoms with Crippen LogP contribution in [0.1, 0.15) is 0 Å². The Morgan fingerprint density at radius 1 is 1.35 bits per heavy atom. The number of nitrogens with one attached hydrogen (secondary N) is 2. The number of halogens is 3. The number of anilines is 2. The van der Waals surface area contributed by atoms with Crippen molar-refractivity contribution in [1.82, 2.24) is 9.97 Å². The van der Waals surface area contributed by atoms with E-state index in [1.165, 1.54) is 6.33 Å². The molecule has 0 aliphatic heterocycles. The molecular formula is C10H6BrCl2N3O. The first-order valence-corrected chi connectivity index (χ1v) is 6.08. The molecule has 0 saturated carbocycles. The highest BCUT2D eigenvalue weighted by Gasteiger charge is 2.08. The molecule has 17 heavy (non-hydrogen) atoms. The summed E-state index contributed by atoms with van der Waals surface area (Å²) in [5.74, 6) is 0.276. The van der Waals surface area contributed by atoms with Gasteiger partial charge in [0.25, 0.3) is 5.56 Å². The third-order valence-electron chi connectivity index (χ3n) is 1.98. The molecule has 1 aromatic carbocycles. The van der Waals surface area contributed by atoms with Crippen LogP contribution < -0.4 is 10.9 Å². The Kier molecular flexibility index (Phi) is 3.71. The van der Waals surface area contributed by atoms with Crippen molar-refractivity contribution in [2.24, 2.45) is 0 Å². The fraction of sp³-hybridized carbons (Fsp3) is 0.